The van der Waals surface area contributed by atoms with E-state index in [1.165, 1.54) is 0 Å². The molecule has 1 aromatic rings. The van der Waals surface area contributed by atoms with Crippen LogP contribution in [0.4, 0.5) is 0 Å². The second-order valence-electron chi connectivity index (χ2n) is 5.28. The van der Waals surface area contributed by atoms with Crippen LogP contribution in [0.3, 0.4) is 0 Å². The fourth-order valence-electron chi connectivity index (χ4n) is 2.85. The van der Waals surface area contributed by atoms with Crippen LogP contribution in [0.1, 0.15) is 23.7 Å². The Morgan fingerprint density at radius 1 is 1.35 bits per heavy atom. The molecule has 0 spiro atoms. The van der Waals surface area contributed by atoms with E-state index in [1.54, 1.807) is 24.0 Å². The van der Waals surface area contributed by atoms with Crippen LogP contribution in [0.15, 0.2) is 35.3 Å². The lowest BCUT2D eigenvalue weighted by Crippen LogP contribution is -2.54. The van der Waals surface area contributed by atoms with Gasteiger partial charge in [0.15, 0.2) is 0 Å². The van der Waals surface area contributed by atoms with E-state index in [9.17, 15) is 9.59 Å². The SMILES string of the molecule is CC1=N[C@H]2CCN(C(=O)c3ccccc3)C[C@H]2C(=O)N1. The quantitative estimate of drug-likeness (QED) is 0.830. The van der Waals surface area contributed by atoms with Gasteiger partial charge in [-0.05, 0) is 25.5 Å². The Labute approximate surface area is 117 Å². The van der Waals surface area contributed by atoms with Crippen molar-refractivity contribution in [1.82, 2.24) is 10.2 Å². The fraction of sp³-hybridized carbons (Fsp3) is 0.400. The summed E-state index contributed by atoms with van der Waals surface area (Å²) in [6, 6.07) is 9.20. The number of aliphatic imine (C=N–C) groups is 1. The highest BCUT2D eigenvalue weighted by Crippen LogP contribution is 2.24. The van der Waals surface area contributed by atoms with Crippen LogP contribution in [0.5, 0.6) is 0 Å². The minimum Gasteiger partial charge on any atom is -0.338 e. The summed E-state index contributed by atoms with van der Waals surface area (Å²) in [5, 5.41) is 2.75. The average Bonchev–Trinajstić information content (AvgIpc) is 2.47. The van der Waals surface area contributed by atoms with Crippen molar-refractivity contribution in [3.63, 3.8) is 0 Å². The van der Waals surface area contributed by atoms with Crippen molar-refractivity contribution in [1.29, 1.82) is 0 Å². The number of nitrogens with zero attached hydrogens (tertiary/aromatic N) is 2. The first-order valence-corrected chi connectivity index (χ1v) is 6.85. The van der Waals surface area contributed by atoms with E-state index in [0.29, 0.717) is 24.5 Å². The van der Waals surface area contributed by atoms with Crippen LogP contribution in [0.2, 0.25) is 0 Å². The summed E-state index contributed by atoms with van der Waals surface area (Å²) in [6.07, 6.45) is 0.744. The molecular formula is C15H17N3O2. The zero-order chi connectivity index (χ0) is 14.1. The van der Waals surface area contributed by atoms with Crippen LogP contribution in [0.25, 0.3) is 0 Å². The van der Waals surface area contributed by atoms with Crippen molar-refractivity contribution in [2.75, 3.05) is 13.1 Å². The van der Waals surface area contributed by atoms with Crippen molar-refractivity contribution in [3.8, 4) is 0 Å². The number of piperidine rings is 1. The number of rotatable bonds is 1. The lowest BCUT2D eigenvalue weighted by atomic mass is 9.90. The number of hydrogen-bond donors (Lipinski definition) is 1. The molecule has 1 aromatic carbocycles. The molecule has 0 aliphatic carbocycles. The molecule has 1 N–H and O–H groups in total. The molecule has 2 heterocycles. The molecule has 20 heavy (non-hydrogen) atoms. The third-order valence-corrected chi connectivity index (χ3v) is 3.88. The fourth-order valence-corrected chi connectivity index (χ4v) is 2.85. The first-order valence-electron chi connectivity index (χ1n) is 6.85. The van der Waals surface area contributed by atoms with Crippen LogP contribution in [-0.4, -0.2) is 41.7 Å². The van der Waals surface area contributed by atoms with E-state index in [1.807, 2.05) is 18.2 Å². The molecule has 1 saturated heterocycles. The zero-order valence-corrected chi connectivity index (χ0v) is 11.4. The van der Waals surface area contributed by atoms with Crippen molar-refractivity contribution >= 4 is 17.6 Å². The number of amides is 2. The second-order valence-corrected chi connectivity index (χ2v) is 5.28. The summed E-state index contributed by atoms with van der Waals surface area (Å²) in [4.78, 5) is 30.6. The van der Waals surface area contributed by atoms with Gasteiger partial charge in [-0.3, -0.25) is 14.6 Å². The summed E-state index contributed by atoms with van der Waals surface area (Å²) in [6.45, 7) is 2.90. The summed E-state index contributed by atoms with van der Waals surface area (Å²) < 4.78 is 0. The Hall–Kier alpha value is -2.17. The van der Waals surface area contributed by atoms with Crippen molar-refractivity contribution in [2.24, 2.45) is 10.9 Å². The van der Waals surface area contributed by atoms with Crippen LogP contribution < -0.4 is 5.32 Å². The topological polar surface area (TPSA) is 61.8 Å². The number of benzene rings is 1. The van der Waals surface area contributed by atoms with Crippen LogP contribution in [-0.2, 0) is 4.79 Å². The number of carbonyl (C=O) groups is 2. The van der Waals surface area contributed by atoms with Gasteiger partial charge >= 0.3 is 0 Å². The van der Waals surface area contributed by atoms with Gasteiger partial charge in [0.05, 0.1) is 12.0 Å². The molecule has 0 aromatic heterocycles. The van der Waals surface area contributed by atoms with Crippen molar-refractivity contribution in [3.05, 3.63) is 35.9 Å². The predicted octanol–water partition coefficient (Wildman–Crippen LogP) is 1.07. The normalized spacial score (nSPS) is 25.6. The highest BCUT2D eigenvalue weighted by molar-refractivity contribution is 6.01. The summed E-state index contributed by atoms with van der Waals surface area (Å²) in [5.41, 5.74) is 0.668. The molecule has 0 unspecified atom stereocenters. The van der Waals surface area contributed by atoms with Gasteiger partial charge in [-0.2, -0.15) is 0 Å². The van der Waals surface area contributed by atoms with Gasteiger partial charge in [0, 0.05) is 18.7 Å². The lowest BCUT2D eigenvalue weighted by molar-refractivity contribution is -0.126. The average molecular weight is 271 g/mol. The molecule has 0 saturated carbocycles. The highest BCUT2D eigenvalue weighted by atomic mass is 16.2. The first kappa shape index (κ1) is 12.8. The van der Waals surface area contributed by atoms with Gasteiger partial charge in [-0.25, -0.2) is 0 Å². The Morgan fingerprint density at radius 3 is 2.85 bits per heavy atom. The molecule has 0 radical (unpaired) electrons. The third kappa shape index (κ3) is 2.31. The van der Waals surface area contributed by atoms with Gasteiger partial charge < -0.3 is 10.2 Å². The Morgan fingerprint density at radius 2 is 2.10 bits per heavy atom. The molecule has 104 valence electrons. The second kappa shape index (κ2) is 5.07. The molecule has 0 bridgehead atoms. The molecule has 3 rings (SSSR count). The molecule has 2 aliphatic rings. The molecule has 2 atom stereocenters. The number of hydrogen-bond acceptors (Lipinski definition) is 3. The number of fused-ring (bicyclic) bond motifs is 1. The lowest BCUT2D eigenvalue weighted by Gasteiger charge is -2.38. The van der Waals surface area contributed by atoms with E-state index in [4.69, 9.17) is 0 Å². The van der Waals surface area contributed by atoms with E-state index in [2.05, 4.69) is 10.3 Å². The maximum atomic E-state index is 12.4. The third-order valence-electron chi connectivity index (χ3n) is 3.88. The number of likely N-dealkylation sites (tertiary alicyclic amines) is 1. The maximum absolute atomic E-state index is 12.4. The minimum atomic E-state index is -0.222. The number of amidine groups is 1. The largest absolute Gasteiger partial charge is 0.338 e. The van der Waals surface area contributed by atoms with Crippen molar-refractivity contribution < 1.29 is 9.59 Å². The van der Waals surface area contributed by atoms with Gasteiger partial charge in [-0.15, -0.1) is 0 Å². The minimum absolute atomic E-state index is 0.0110. The number of nitrogens with one attached hydrogen (secondary N) is 1. The highest BCUT2D eigenvalue weighted by Gasteiger charge is 2.38. The van der Waals surface area contributed by atoms with Crippen LogP contribution in [0, 0.1) is 5.92 Å². The smallest absolute Gasteiger partial charge is 0.253 e. The van der Waals surface area contributed by atoms with Gasteiger partial charge in [0.25, 0.3) is 5.91 Å². The Balaban J connectivity index is 1.76. The van der Waals surface area contributed by atoms with Gasteiger partial charge in [-0.1, -0.05) is 18.2 Å². The maximum Gasteiger partial charge on any atom is 0.253 e. The summed E-state index contributed by atoms with van der Waals surface area (Å²) >= 11 is 0. The standard InChI is InChI=1S/C15H17N3O2/c1-10-16-13-7-8-18(9-12(13)14(19)17-10)15(20)11-5-3-2-4-6-11/h2-6,12-13H,7-9H2,1H3,(H,16,17,19)/t12-,13+/m1/s1. The van der Waals surface area contributed by atoms with E-state index >= 15 is 0 Å². The molecule has 2 amide bonds. The number of carbonyl (C=O) groups excluding carboxylic acids is 2. The molecule has 5 nitrogen and oxygen atoms in total. The van der Waals surface area contributed by atoms with E-state index in [-0.39, 0.29) is 23.8 Å². The molecule has 1 fully saturated rings. The monoisotopic (exact) mass is 271 g/mol. The first-order chi connectivity index (χ1) is 9.65. The Kier molecular flexibility index (Phi) is 3.26. The van der Waals surface area contributed by atoms with E-state index in [0.717, 1.165) is 6.42 Å². The zero-order valence-electron chi connectivity index (χ0n) is 11.4. The van der Waals surface area contributed by atoms with Gasteiger partial charge in [0.1, 0.15) is 5.84 Å². The van der Waals surface area contributed by atoms with E-state index < -0.39 is 0 Å². The molecule has 2 aliphatic heterocycles. The van der Waals surface area contributed by atoms with Crippen LogP contribution >= 0.6 is 0 Å². The Bertz CT molecular complexity index is 568. The van der Waals surface area contributed by atoms with Crippen molar-refractivity contribution in [2.45, 2.75) is 19.4 Å². The summed E-state index contributed by atoms with van der Waals surface area (Å²) in [5.74, 6) is 0.426. The molecular weight excluding hydrogens is 254 g/mol. The predicted molar refractivity (Wildman–Crippen MR) is 75.5 cm³/mol. The van der Waals surface area contributed by atoms with Gasteiger partial charge in [0.2, 0.25) is 5.91 Å². The molecule has 5 heteroatoms. The summed E-state index contributed by atoms with van der Waals surface area (Å²) in [7, 11) is 0.